The van der Waals surface area contributed by atoms with Crippen molar-refractivity contribution in [1.29, 1.82) is 0 Å². The third-order valence-electron chi connectivity index (χ3n) is 3.51. The number of hydrogen-bond acceptors (Lipinski definition) is 2. The Balaban J connectivity index is 2.01. The summed E-state index contributed by atoms with van der Waals surface area (Å²) < 4.78 is 2.13. The first kappa shape index (κ1) is 11.1. The van der Waals surface area contributed by atoms with E-state index < -0.39 is 0 Å². The van der Waals surface area contributed by atoms with Crippen molar-refractivity contribution in [3.05, 3.63) is 35.4 Å². The van der Waals surface area contributed by atoms with Gasteiger partial charge in [0.25, 0.3) is 0 Å². The molecule has 0 saturated carbocycles. The van der Waals surface area contributed by atoms with E-state index in [-0.39, 0.29) is 0 Å². The lowest BCUT2D eigenvalue weighted by molar-refractivity contribution is 0.245. The van der Waals surface area contributed by atoms with Gasteiger partial charge in [-0.3, -0.25) is 0 Å². The summed E-state index contributed by atoms with van der Waals surface area (Å²) in [5, 5.41) is 0.765. The molecule has 0 N–H and O–H groups in total. The molecule has 1 fully saturated rings. The second kappa shape index (κ2) is 4.31. The summed E-state index contributed by atoms with van der Waals surface area (Å²) in [7, 11) is 2.18. The highest BCUT2D eigenvalue weighted by Crippen LogP contribution is 2.26. The van der Waals surface area contributed by atoms with Gasteiger partial charge in [0.15, 0.2) is 0 Å². The van der Waals surface area contributed by atoms with E-state index in [0.717, 1.165) is 22.9 Å². The predicted octanol–water partition coefficient (Wildman–Crippen LogP) is 2.80. The summed E-state index contributed by atoms with van der Waals surface area (Å²) in [5.74, 6) is 1.67. The molecule has 1 unspecified atom stereocenters. The average molecular weight is 250 g/mol. The molecule has 2 aromatic heterocycles. The van der Waals surface area contributed by atoms with Crippen LogP contribution in [0.25, 0.3) is 5.52 Å². The van der Waals surface area contributed by atoms with Crippen molar-refractivity contribution >= 4 is 17.1 Å². The Kier molecular flexibility index (Phi) is 2.81. The minimum atomic E-state index is 0.523. The fraction of sp³-hybridized carbons (Fsp3) is 0.462. The zero-order valence-corrected chi connectivity index (χ0v) is 10.7. The lowest BCUT2D eigenvalue weighted by Gasteiger charge is -2.28. The smallest absolute Gasteiger partial charge is 0.117 e. The Labute approximate surface area is 106 Å². The van der Waals surface area contributed by atoms with Gasteiger partial charge in [0.2, 0.25) is 0 Å². The van der Waals surface area contributed by atoms with Gasteiger partial charge >= 0.3 is 0 Å². The number of aromatic nitrogens is 2. The summed E-state index contributed by atoms with van der Waals surface area (Å²) in [5.41, 5.74) is 1.12. The Morgan fingerprint density at radius 1 is 1.41 bits per heavy atom. The van der Waals surface area contributed by atoms with Crippen molar-refractivity contribution in [1.82, 2.24) is 14.3 Å². The van der Waals surface area contributed by atoms with Gasteiger partial charge in [-0.1, -0.05) is 11.6 Å². The molecule has 3 heterocycles. The fourth-order valence-electron chi connectivity index (χ4n) is 2.66. The van der Waals surface area contributed by atoms with E-state index in [1.54, 1.807) is 0 Å². The van der Waals surface area contributed by atoms with Crippen LogP contribution < -0.4 is 0 Å². The molecule has 0 spiro atoms. The minimum absolute atomic E-state index is 0.523. The minimum Gasteiger partial charge on any atom is -0.306 e. The molecule has 0 radical (unpaired) electrons. The second-order valence-electron chi connectivity index (χ2n) is 4.86. The molecule has 0 aromatic carbocycles. The molecule has 1 aliphatic heterocycles. The molecule has 0 aliphatic carbocycles. The third kappa shape index (κ3) is 2.05. The highest BCUT2D eigenvalue weighted by atomic mass is 35.5. The van der Waals surface area contributed by atoms with E-state index in [1.165, 1.54) is 19.4 Å². The van der Waals surface area contributed by atoms with Crippen LogP contribution in [0.4, 0.5) is 0 Å². The average Bonchev–Trinajstić information content (AvgIpc) is 2.71. The van der Waals surface area contributed by atoms with Crippen LogP contribution in [0.1, 0.15) is 24.6 Å². The predicted molar refractivity (Wildman–Crippen MR) is 69.7 cm³/mol. The molecule has 3 rings (SSSR count). The standard InChI is InChI=1S/C13H16ClN3/c1-16-6-2-3-10(8-16)13-15-7-12-5-4-11(14)9-17(12)13/h4-5,7,9-10H,2-3,6,8H2,1H3. The Morgan fingerprint density at radius 2 is 2.29 bits per heavy atom. The molecule has 1 atom stereocenters. The van der Waals surface area contributed by atoms with Crippen molar-refractivity contribution in [2.45, 2.75) is 18.8 Å². The maximum absolute atomic E-state index is 6.06. The summed E-state index contributed by atoms with van der Waals surface area (Å²) >= 11 is 6.06. The van der Waals surface area contributed by atoms with E-state index in [0.29, 0.717) is 5.92 Å². The molecule has 3 nitrogen and oxygen atoms in total. The zero-order valence-electron chi connectivity index (χ0n) is 9.93. The van der Waals surface area contributed by atoms with E-state index >= 15 is 0 Å². The number of imidazole rings is 1. The first-order valence-electron chi connectivity index (χ1n) is 6.05. The second-order valence-corrected chi connectivity index (χ2v) is 5.30. The molecule has 1 saturated heterocycles. The Bertz CT molecular complexity index is 534. The number of fused-ring (bicyclic) bond motifs is 1. The van der Waals surface area contributed by atoms with Crippen LogP contribution in [0.3, 0.4) is 0 Å². The van der Waals surface area contributed by atoms with Crippen LogP contribution in [-0.4, -0.2) is 34.4 Å². The molecule has 90 valence electrons. The number of halogens is 1. The molecule has 0 amide bonds. The van der Waals surface area contributed by atoms with Crippen LogP contribution in [0.15, 0.2) is 24.5 Å². The van der Waals surface area contributed by atoms with Crippen molar-refractivity contribution in [3.63, 3.8) is 0 Å². The monoisotopic (exact) mass is 249 g/mol. The number of nitrogens with zero attached hydrogens (tertiary/aromatic N) is 3. The van der Waals surface area contributed by atoms with Gasteiger partial charge in [-0.15, -0.1) is 0 Å². The lowest BCUT2D eigenvalue weighted by atomic mass is 9.98. The quantitative estimate of drug-likeness (QED) is 0.775. The first-order chi connectivity index (χ1) is 8.24. The van der Waals surface area contributed by atoms with Gasteiger partial charge in [0, 0.05) is 18.7 Å². The van der Waals surface area contributed by atoms with Crippen LogP contribution in [0.2, 0.25) is 5.02 Å². The summed E-state index contributed by atoms with van der Waals surface area (Å²) in [6, 6.07) is 3.93. The maximum Gasteiger partial charge on any atom is 0.117 e. The highest BCUT2D eigenvalue weighted by Gasteiger charge is 2.22. The highest BCUT2D eigenvalue weighted by molar-refractivity contribution is 6.30. The number of likely N-dealkylation sites (N-methyl/N-ethyl adjacent to an activating group) is 1. The van der Waals surface area contributed by atoms with Crippen LogP contribution in [-0.2, 0) is 0 Å². The van der Waals surface area contributed by atoms with Crippen LogP contribution in [0, 0.1) is 0 Å². The van der Waals surface area contributed by atoms with Gasteiger partial charge in [0.1, 0.15) is 5.82 Å². The number of piperidine rings is 1. The SMILES string of the molecule is CN1CCCC(c2ncc3ccc(Cl)cn23)C1. The largest absolute Gasteiger partial charge is 0.306 e. The van der Waals surface area contributed by atoms with Crippen molar-refractivity contribution < 1.29 is 0 Å². The zero-order chi connectivity index (χ0) is 11.8. The number of hydrogen-bond donors (Lipinski definition) is 0. The first-order valence-corrected chi connectivity index (χ1v) is 6.43. The number of rotatable bonds is 1. The molecule has 0 bridgehead atoms. The van der Waals surface area contributed by atoms with E-state index in [4.69, 9.17) is 11.6 Å². The Hall–Kier alpha value is -1.06. The van der Waals surface area contributed by atoms with Gasteiger partial charge < -0.3 is 9.30 Å². The van der Waals surface area contributed by atoms with Crippen LogP contribution >= 0.6 is 11.6 Å². The van der Waals surface area contributed by atoms with E-state index in [9.17, 15) is 0 Å². The van der Waals surface area contributed by atoms with Gasteiger partial charge in [0.05, 0.1) is 16.7 Å². The molecule has 4 heteroatoms. The third-order valence-corrected chi connectivity index (χ3v) is 3.73. The van der Waals surface area contributed by atoms with Gasteiger partial charge in [-0.05, 0) is 38.6 Å². The molecular formula is C13H16ClN3. The topological polar surface area (TPSA) is 20.5 Å². The van der Waals surface area contributed by atoms with Crippen LogP contribution in [0.5, 0.6) is 0 Å². The Morgan fingerprint density at radius 3 is 3.12 bits per heavy atom. The fourth-order valence-corrected chi connectivity index (χ4v) is 2.82. The summed E-state index contributed by atoms with van der Waals surface area (Å²) in [6.07, 6.45) is 6.36. The normalized spacial score (nSPS) is 22.1. The van der Waals surface area contributed by atoms with Crippen molar-refractivity contribution in [2.24, 2.45) is 0 Å². The molecule has 17 heavy (non-hydrogen) atoms. The number of likely N-dealkylation sites (tertiary alicyclic amines) is 1. The summed E-state index contributed by atoms with van der Waals surface area (Å²) in [6.45, 7) is 2.28. The van der Waals surface area contributed by atoms with E-state index in [1.807, 2.05) is 24.5 Å². The molecular weight excluding hydrogens is 234 g/mol. The maximum atomic E-state index is 6.06. The molecule has 1 aliphatic rings. The van der Waals surface area contributed by atoms with Gasteiger partial charge in [-0.25, -0.2) is 4.98 Å². The summed E-state index contributed by atoms with van der Waals surface area (Å²) in [4.78, 5) is 6.95. The van der Waals surface area contributed by atoms with Crippen molar-refractivity contribution in [3.8, 4) is 0 Å². The lowest BCUT2D eigenvalue weighted by Crippen LogP contribution is -2.31. The molecule has 2 aromatic rings. The number of pyridine rings is 1. The van der Waals surface area contributed by atoms with Gasteiger partial charge in [-0.2, -0.15) is 0 Å². The van der Waals surface area contributed by atoms with Crippen molar-refractivity contribution in [2.75, 3.05) is 20.1 Å². The van der Waals surface area contributed by atoms with E-state index in [2.05, 4.69) is 21.3 Å².